The molecule has 0 unspecified atom stereocenters. The average Bonchev–Trinajstić information content (AvgIpc) is 3.45. The molecule has 0 aromatic heterocycles. The van der Waals surface area contributed by atoms with Crippen molar-refractivity contribution in [3.05, 3.63) is 101 Å². The third-order valence-electron chi connectivity index (χ3n) is 5.77. The van der Waals surface area contributed by atoms with Crippen LogP contribution in [0.5, 0.6) is 0 Å². The number of halogens is 3. The summed E-state index contributed by atoms with van der Waals surface area (Å²) in [6, 6.07) is 18.5. The molecular formula is C26H19ClF2N4O2S. The van der Waals surface area contributed by atoms with Gasteiger partial charge in [0, 0.05) is 23.6 Å². The highest BCUT2D eigenvalue weighted by molar-refractivity contribution is 8.15. The van der Waals surface area contributed by atoms with Gasteiger partial charge in [0.1, 0.15) is 16.9 Å². The molecule has 6 nitrogen and oxygen atoms in total. The first-order valence-corrected chi connectivity index (χ1v) is 12.3. The second-order valence-electron chi connectivity index (χ2n) is 8.27. The molecule has 3 aromatic rings. The second kappa shape index (κ2) is 10.2. The molecule has 0 aliphatic carbocycles. The Bertz CT molecular complexity index is 1360. The summed E-state index contributed by atoms with van der Waals surface area (Å²) in [4.78, 5) is 29.4. The number of nitrogens with zero attached hydrogens (tertiary/aromatic N) is 3. The molecule has 5 rings (SSSR count). The maximum Gasteiger partial charge on any atom is 0.262 e. The molecule has 2 atom stereocenters. The van der Waals surface area contributed by atoms with E-state index in [4.69, 9.17) is 16.7 Å². The normalized spacial score (nSPS) is 19.3. The van der Waals surface area contributed by atoms with Gasteiger partial charge in [-0.05, 0) is 59.7 Å². The Kier molecular flexibility index (Phi) is 6.84. The first kappa shape index (κ1) is 24.1. The Balaban J connectivity index is 1.35. The molecule has 182 valence electrons. The minimum Gasteiger partial charge on any atom is -0.326 e. The van der Waals surface area contributed by atoms with Gasteiger partial charge in [-0.25, -0.2) is 13.8 Å². The molecule has 10 heteroatoms. The Morgan fingerprint density at radius 1 is 1.00 bits per heavy atom. The van der Waals surface area contributed by atoms with Gasteiger partial charge in [0.15, 0.2) is 5.17 Å². The summed E-state index contributed by atoms with van der Waals surface area (Å²) >= 11 is 7.24. The fourth-order valence-electron chi connectivity index (χ4n) is 3.97. The maximum atomic E-state index is 13.4. The van der Waals surface area contributed by atoms with Gasteiger partial charge in [0.05, 0.1) is 11.8 Å². The van der Waals surface area contributed by atoms with Crippen molar-refractivity contribution in [3.8, 4) is 0 Å². The molecule has 0 fully saturated rings. The molecule has 2 aliphatic rings. The summed E-state index contributed by atoms with van der Waals surface area (Å²) in [7, 11) is 0. The topological polar surface area (TPSA) is 74.1 Å². The van der Waals surface area contributed by atoms with Crippen LogP contribution in [0.2, 0.25) is 5.02 Å². The summed E-state index contributed by atoms with van der Waals surface area (Å²) in [5.74, 6) is -1.56. The smallest absolute Gasteiger partial charge is 0.262 e. The van der Waals surface area contributed by atoms with Crippen LogP contribution in [0.15, 0.2) is 82.9 Å². The summed E-state index contributed by atoms with van der Waals surface area (Å²) < 4.78 is 26.6. The van der Waals surface area contributed by atoms with E-state index in [1.807, 2.05) is 12.1 Å². The van der Waals surface area contributed by atoms with Crippen LogP contribution in [0.3, 0.4) is 0 Å². The zero-order valence-electron chi connectivity index (χ0n) is 18.7. The molecule has 1 N–H and O–H groups in total. The van der Waals surface area contributed by atoms with Gasteiger partial charge in [-0.15, -0.1) is 0 Å². The lowest BCUT2D eigenvalue weighted by molar-refractivity contribution is -0.121. The molecule has 0 bridgehead atoms. The highest BCUT2D eigenvalue weighted by Crippen LogP contribution is 2.39. The number of rotatable bonds is 5. The standard InChI is InChI=1S/C26H19ClF2N4O2S/c27-17-5-1-16(2-6-17)22-13-21(15-3-7-18(28)8-4-15)32-33(22)26-31-25(35)23(36-26)14-24(34)30-20-11-9-19(29)10-12-20/h1-12,22-23H,13-14H2,(H,30,34)/t22-,23-/m1/s1. The molecule has 0 saturated carbocycles. The molecule has 3 aromatic carbocycles. The Labute approximate surface area is 215 Å². The first-order chi connectivity index (χ1) is 17.4. The lowest BCUT2D eigenvalue weighted by Crippen LogP contribution is -2.25. The van der Waals surface area contributed by atoms with Crippen molar-refractivity contribution in [1.29, 1.82) is 0 Å². The van der Waals surface area contributed by atoms with E-state index in [0.29, 0.717) is 22.3 Å². The number of benzene rings is 3. The fourth-order valence-corrected chi connectivity index (χ4v) is 5.15. The maximum absolute atomic E-state index is 13.4. The molecule has 36 heavy (non-hydrogen) atoms. The van der Waals surface area contributed by atoms with Crippen molar-refractivity contribution in [2.24, 2.45) is 10.1 Å². The van der Waals surface area contributed by atoms with E-state index in [2.05, 4.69) is 10.3 Å². The van der Waals surface area contributed by atoms with Crippen molar-refractivity contribution in [1.82, 2.24) is 5.01 Å². The number of hydrogen-bond acceptors (Lipinski definition) is 5. The lowest BCUT2D eigenvalue weighted by Gasteiger charge is -2.23. The monoisotopic (exact) mass is 524 g/mol. The number of amides is 2. The van der Waals surface area contributed by atoms with E-state index < -0.39 is 17.0 Å². The summed E-state index contributed by atoms with van der Waals surface area (Å²) in [5, 5.41) is 9.35. The van der Waals surface area contributed by atoms with Gasteiger partial charge in [-0.1, -0.05) is 47.6 Å². The number of hydrazone groups is 1. The molecule has 0 spiro atoms. The van der Waals surface area contributed by atoms with Crippen LogP contribution in [-0.2, 0) is 9.59 Å². The van der Waals surface area contributed by atoms with Gasteiger partial charge < -0.3 is 5.32 Å². The van der Waals surface area contributed by atoms with E-state index in [0.717, 1.165) is 16.8 Å². The minimum absolute atomic E-state index is 0.0954. The van der Waals surface area contributed by atoms with Gasteiger partial charge in [-0.2, -0.15) is 10.1 Å². The minimum atomic E-state index is -0.712. The quantitative estimate of drug-likeness (QED) is 0.458. The highest BCUT2D eigenvalue weighted by atomic mass is 35.5. The highest BCUT2D eigenvalue weighted by Gasteiger charge is 2.39. The van der Waals surface area contributed by atoms with Crippen molar-refractivity contribution >= 4 is 51.7 Å². The number of amidine groups is 1. The Morgan fingerprint density at radius 2 is 1.64 bits per heavy atom. The number of thioether (sulfide) groups is 1. The number of carbonyl (C=O) groups excluding carboxylic acids is 2. The van der Waals surface area contributed by atoms with Crippen molar-refractivity contribution in [3.63, 3.8) is 0 Å². The third-order valence-corrected chi connectivity index (χ3v) is 7.16. The molecule has 2 amide bonds. The second-order valence-corrected chi connectivity index (χ2v) is 9.87. The zero-order chi connectivity index (χ0) is 25.2. The SMILES string of the molecule is O=C(C[C@H]1SC(N2N=C(c3ccc(F)cc3)C[C@@H]2c2ccc(Cl)cc2)=NC1=O)Nc1ccc(F)cc1. The number of nitrogens with one attached hydrogen (secondary N) is 1. The largest absolute Gasteiger partial charge is 0.326 e. The van der Waals surface area contributed by atoms with Crippen LogP contribution in [-0.4, -0.2) is 33.0 Å². The zero-order valence-corrected chi connectivity index (χ0v) is 20.3. The van der Waals surface area contributed by atoms with Crippen LogP contribution in [0.1, 0.15) is 30.0 Å². The van der Waals surface area contributed by atoms with E-state index >= 15 is 0 Å². The lowest BCUT2D eigenvalue weighted by atomic mass is 9.99. The number of carbonyl (C=O) groups is 2. The van der Waals surface area contributed by atoms with E-state index in [9.17, 15) is 18.4 Å². The summed E-state index contributed by atoms with van der Waals surface area (Å²) in [5.41, 5.74) is 2.86. The summed E-state index contributed by atoms with van der Waals surface area (Å²) in [6.07, 6.45) is 0.415. The molecular weight excluding hydrogens is 506 g/mol. The van der Waals surface area contributed by atoms with Crippen molar-refractivity contribution < 1.29 is 18.4 Å². The van der Waals surface area contributed by atoms with Gasteiger partial charge in [0.25, 0.3) is 5.91 Å². The number of hydrogen-bond donors (Lipinski definition) is 1. The van der Waals surface area contributed by atoms with Crippen LogP contribution in [0.25, 0.3) is 0 Å². The third kappa shape index (κ3) is 5.32. The van der Waals surface area contributed by atoms with Crippen molar-refractivity contribution in [2.45, 2.75) is 24.1 Å². The van der Waals surface area contributed by atoms with E-state index in [1.165, 1.54) is 48.2 Å². The Morgan fingerprint density at radius 3 is 2.31 bits per heavy atom. The van der Waals surface area contributed by atoms with Crippen molar-refractivity contribution in [2.75, 3.05) is 5.32 Å². The first-order valence-electron chi connectivity index (χ1n) is 11.1. The van der Waals surface area contributed by atoms with Crippen LogP contribution >= 0.6 is 23.4 Å². The fraction of sp³-hybridized carbons (Fsp3) is 0.154. The van der Waals surface area contributed by atoms with E-state index in [-0.39, 0.29) is 24.2 Å². The van der Waals surface area contributed by atoms with Crippen LogP contribution in [0.4, 0.5) is 14.5 Å². The Hall–Kier alpha value is -3.56. The van der Waals surface area contributed by atoms with Crippen LogP contribution in [0, 0.1) is 11.6 Å². The molecule has 2 heterocycles. The predicted octanol–water partition coefficient (Wildman–Crippen LogP) is 5.80. The number of aliphatic imine (C=N–C) groups is 1. The van der Waals surface area contributed by atoms with Crippen LogP contribution < -0.4 is 5.32 Å². The number of anilines is 1. The molecule has 0 saturated heterocycles. The van der Waals surface area contributed by atoms with Gasteiger partial charge in [-0.3, -0.25) is 9.59 Å². The summed E-state index contributed by atoms with van der Waals surface area (Å²) in [6.45, 7) is 0. The molecule has 0 radical (unpaired) electrons. The predicted molar refractivity (Wildman–Crippen MR) is 137 cm³/mol. The van der Waals surface area contributed by atoms with Gasteiger partial charge in [0.2, 0.25) is 5.91 Å². The van der Waals surface area contributed by atoms with E-state index in [1.54, 1.807) is 29.3 Å². The van der Waals surface area contributed by atoms with Gasteiger partial charge >= 0.3 is 0 Å². The molecule has 2 aliphatic heterocycles. The average molecular weight is 525 g/mol.